The molecule has 170 valence electrons. The van der Waals surface area contributed by atoms with Crippen LogP contribution >= 0.6 is 34.8 Å². The normalized spacial score (nSPS) is 10.2. The molecule has 0 aliphatic rings. The van der Waals surface area contributed by atoms with E-state index < -0.39 is 0 Å². The van der Waals surface area contributed by atoms with Crippen LogP contribution in [0.4, 0.5) is 11.4 Å². The molecule has 0 radical (unpaired) electrons. The van der Waals surface area contributed by atoms with Crippen LogP contribution in [0.15, 0.2) is 72.8 Å². The van der Waals surface area contributed by atoms with Crippen LogP contribution in [0.3, 0.4) is 0 Å². The molecule has 0 unspecified atom stereocenters. The van der Waals surface area contributed by atoms with Gasteiger partial charge in [-0.05, 0) is 54.6 Å². The lowest BCUT2D eigenvalue weighted by molar-refractivity contribution is -0.137. The summed E-state index contributed by atoms with van der Waals surface area (Å²) in [5.41, 5.74) is 3.23. The molecule has 4 aromatic rings. The Labute approximate surface area is 207 Å². The summed E-state index contributed by atoms with van der Waals surface area (Å²) in [6.45, 7) is 1.73. The van der Waals surface area contributed by atoms with E-state index in [1.54, 1.807) is 12.1 Å². The number of methoxy groups -OCH3 is 1. The first-order chi connectivity index (χ1) is 15.9. The monoisotopic (exact) mass is 502 g/mol. The van der Waals surface area contributed by atoms with Gasteiger partial charge in [0.15, 0.2) is 0 Å². The van der Waals surface area contributed by atoms with Crippen molar-refractivity contribution in [2.75, 3.05) is 12.4 Å². The van der Waals surface area contributed by atoms with Gasteiger partial charge in [0.1, 0.15) is 12.4 Å². The van der Waals surface area contributed by atoms with Gasteiger partial charge in [-0.15, -0.1) is 0 Å². The number of hydrogen-bond acceptors (Lipinski definition) is 5. The van der Waals surface area contributed by atoms with Gasteiger partial charge in [-0.25, -0.2) is 4.98 Å². The lowest BCUT2D eigenvalue weighted by atomic mass is 10.2. The van der Waals surface area contributed by atoms with Crippen molar-refractivity contribution in [3.8, 4) is 5.75 Å². The molecule has 0 atom stereocenters. The number of para-hydroxylation sites is 1. The highest BCUT2D eigenvalue weighted by Gasteiger charge is 2.06. The van der Waals surface area contributed by atoms with Gasteiger partial charge in [-0.1, -0.05) is 53.0 Å². The average molecular weight is 504 g/mol. The van der Waals surface area contributed by atoms with Crippen molar-refractivity contribution in [3.05, 3.63) is 93.6 Å². The van der Waals surface area contributed by atoms with Crippen molar-refractivity contribution in [2.45, 2.75) is 13.5 Å². The summed E-state index contributed by atoms with van der Waals surface area (Å²) >= 11 is 18.4. The molecular weight excluding hydrogens is 483 g/mol. The molecule has 1 N–H and O–H groups in total. The predicted molar refractivity (Wildman–Crippen MR) is 135 cm³/mol. The number of pyridine rings is 1. The van der Waals surface area contributed by atoms with Crippen molar-refractivity contribution < 1.29 is 14.3 Å². The molecule has 4 rings (SSSR count). The number of hydrogen-bond donors (Lipinski definition) is 1. The van der Waals surface area contributed by atoms with E-state index in [2.05, 4.69) is 15.0 Å². The molecule has 1 heterocycles. The first-order valence-electron chi connectivity index (χ1n) is 9.89. The number of carbonyl (C=O) groups excluding carboxylic acids is 1. The number of nitrogens with one attached hydrogen (secondary N) is 1. The third-order valence-electron chi connectivity index (χ3n) is 4.47. The van der Waals surface area contributed by atoms with Gasteiger partial charge in [-0.2, -0.15) is 0 Å². The molecule has 0 amide bonds. The Bertz CT molecular complexity index is 1230. The second kappa shape index (κ2) is 11.8. The summed E-state index contributed by atoms with van der Waals surface area (Å²) < 4.78 is 9.96. The lowest BCUT2D eigenvalue weighted by Crippen LogP contribution is -1.99. The standard InChI is InChI=1S/C22H15Cl3N2O.C3H6O2/c23-15-6-4-14-5-7-17(26-21(14)12-15)13-28-18-10-8-16(9-11-18)27-22-19(24)2-1-3-20(22)25;1-3(4)5-2/h1-12,27H,13H2;1-2H3. The number of rotatable bonds is 5. The molecule has 8 heteroatoms. The van der Waals surface area contributed by atoms with Crippen LogP contribution in [-0.4, -0.2) is 18.1 Å². The van der Waals surface area contributed by atoms with Gasteiger partial charge in [-0.3, -0.25) is 4.79 Å². The minimum absolute atomic E-state index is 0.245. The van der Waals surface area contributed by atoms with Crippen molar-refractivity contribution >= 4 is 63.0 Å². The van der Waals surface area contributed by atoms with E-state index in [0.717, 1.165) is 28.0 Å². The summed E-state index contributed by atoms with van der Waals surface area (Å²) in [5.74, 6) is 0.494. The second-order valence-corrected chi connectivity index (χ2v) is 8.12. The zero-order valence-corrected chi connectivity index (χ0v) is 20.2. The first kappa shape index (κ1) is 24.6. The highest BCUT2D eigenvalue weighted by atomic mass is 35.5. The number of fused-ring (bicyclic) bond motifs is 1. The Morgan fingerprint density at radius 3 is 2.21 bits per heavy atom. The molecule has 0 spiro atoms. The lowest BCUT2D eigenvalue weighted by Gasteiger charge is -2.11. The van der Waals surface area contributed by atoms with Crippen LogP contribution < -0.4 is 10.1 Å². The zero-order valence-electron chi connectivity index (χ0n) is 17.9. The van der Waals surface area contributed by atoms with E-state index >= 15 is 0 Å². The Hall–Kier alpha value is -2.99. The van der Waals surface area contributed by atoms with Crippen LogP contribution in [-0.2, 0) is 16.1 Å². The Morgan fingerprint density at radius 2 is 1.58 bits per heavy atom. The number of anilines is 2. The highest BCUT2D eigenvalue weighted by Crippen LogP contribution is 2.33. The van der Waals surface area contributed by atoms with Crippen LogP contribution in [0.25, 0.3) is 10.9 Å². The number of carbonyl (C=O) groups is 1. The molecular formula is C25H21Cl3N2O3. The highest BCUT2D eigenvalue weighted by molar-refractivity contribution is 6.39. The van der Waals surface area contributed by atoms with Crippen LogP contribution in [0.2, 0.25) is 15.1 Å². The van der Waals surface area contributed by atoms with Crippen LogP contribution in [0.5, 0.6) is 5.75 Å². The minimum atomic E-state index is -0.245. The van der Waals surface area contributed by atoms with Gasteiger partial charge in [0.2, 0.25) is 0 Å². The topological polar surface area (TPSA) is 60.5 Å². The van der Waals surface area contributed by atoms with Gasteiger partial charge < -0.3 is 14.8 Å². The molecule has 1 aromatic heterocycles. The third-order valence-corrected chi connectivity index (χ3v) is 5.34. The van der Waals surface area contributed by atoms with E-state index in [9.17, 15) is 4.79 Å². The third kappa shape index (κ3) is 7.26. The molecule has 0 bridgehead atoms. The molecule has 3 aromatic carbocycles. The maximum Gasteiger partial charge on any atom is 0.302 e. The largest absolute Gasteiger partial charge is 0.487 e. The minimum Gasteiger partial charge on any atom is -0.487 e. The van der Waals surface area contributed by atoms with Gasteiger partial charge >= 0.3 is 5.97 Å². The van der Waals surface area contributed by atoms with Crippen LogP contribution in [0, 0.1) is 0 Å². The van der Waals surface area contributed by atoms with E-state index in [-0.39, 0.29) is 5.97 Å². The summed E-state index contributed by atoms with van der Waals surface area (Å²) in [5, 5.41) is 6.06. The molecule has 0 saturated carbocycles. The smallest absolute Gasteiger partial charge is 0.302 e. The predicted octanol–water partition coefficient (Wildman–Crippen LogP) is 7.70. The first-order valence-corrected chi connectivity index (χ1v) is 11.0. The fourth-order valence-corrected chi connectivity index (χ4v) is 3.42. The van der Waals surface area contributed by atoms with Crippen molar-refractivity contribution in [1.29, 1.82) is 0 Å². The maximum absolute atomic E-state index is 9.59. The second-order valence-electron chi connectivity index (χ2n) is 6.87. The molecule has 0 aliphatic heterocycles. The fourth-order valence-electron chi connectivity index (χ4n) is 2.77. The van der Waals surface area contributed by atoms with Gasteiger partial charge in [0, 0.05) is 23.0 Å². The molecule has 33 heavy (non-hydrogen) atoms. The number of benzene rings is 3. The Kier molecular flexibility index (Phi) is 8.78. The number of ether oxygens (including phenoxy) is 2. The number of halogens is 3. The number of nitrogens with zero attached hydrogens (tertiary/aromatic N) is 1. The Balaban J connectivity index is 0.000000555. The van der Waals surface area contributed by atoms with E-state index in [0.29, 0.717) is 27.4 Å². The van der Waals surface area contributed by atoms with Gasteiger partial charge in [0.05, 0.1) is 34.1 Å². The SMILES string of the molecule is COC(C)=O.Clc1ccc2ccc(COc3ccc(Nc4c(Cl)cccc4Cl)cc3)nc2c1. The quantitative estimate of drug-likeness (QED) is 0.283. The van der Waals surface area contributed by atoms with Gasteiger partial charge in [0.25, 0.3) is 0 Å². The molecule has 0 saturated heterocycles. The van der Waals surface area contributed by atoms with Crippen molar-refractivity contribution in [3.63, 3.8) is 0 Å². The number of esters is 1. The van der Waals surface area contributed by atoms with Crippen molar-refractivity contribution in [1.82, 2.24) is 4.98 Å². The van der Waals surface area contributed by atoms with Crippen molar-refractivity contribution in [2.24, 2.45) is 0 Å². The molecule has 5 nitrogen and oxygen atoms in total. The van der Waals surface area contributed by atoms with E-state index in [4.69, 9.17) is 39.5 Å². The van der Waals surface area contributed by atoms with E-state index in [1.807, 2.05) is 60.7 Å². The maximum atomic E-state index is 9.59. The van der Waals surface area contributed by atoms with Crippen LogP contribution in [0.1, 0.15) is 12.6 Å². The summed E-state index contributed by atoms with van der Waals surface area (Å²) in [6.07, 6.45) is 0. The number of aromatic nitrogens is 1. The fraction of sp³-hybridized carbons (Fsp3) is 0.120. The summed E-state index contributed by atoms with van der Waals surface area (Å²) in [7, 11) is 1.35. The molecule has 0 fully saturated rings. The average Bonchev–Trinajstić information content (AvgIpc) is 2.81. The molecule has 0 aliphatic carbocycles. The van der Waals surface area contributed by atoms with E-state index in [1.165, 1.54) is 14.0 Å². The zero-order chi connectivity index (χ0) is 23.8. The summed E-state index contributed by atoms with van der Waals surface area (Å²) in [6, 6.07) is 22.6. The summed E-state index contributed by atoms with van der Waals surface area (Å²) in [4.78, 5) is 14.2. The Morgan fingerprint density at radius 1 is 0.939 bits per heavy atom.